The van der Waals surface area contributed by atoms with Gasteiger partial charge in [0.1, 0.15) is 5.69 Å². The average Bonchev–Trinajstić information content (AvgIpc) is 3.10. The van der Waals surface area contributed by atoms with Crippen molar-refractivity contribution in [1.29, 1.82) is 0 Å². The molecule has 0 fully saturated rings. The summed E-state index contributed by atoms with van der Waals surface area (Å²) in [5.41, 5.74) is 2.52. The minimum Gasteiger partial charge on any atom is -0.463 e. The molecule has 2 heterocycles. The zero-order valence-electron chi connectivity index (χ0n) is 12.3. The molecule has 23 heavy (non-hydrogen) atoms. The summed E-state index contributed by atoms with van der Waals surface area (Å²) in [7, 11) is 0. The van der Waals surface area contributed by atoms with Crippen LogP contribution >= 0.6 is 11.6 Å². The zero-order chi connectivity index (χ0) is 16.1. The summed E-state index contributed by atoms with van der Waals surface area (Å²) in [5, 5.41) is 3.49. The molecule has 0 aliphatic heterocycles. The van der Waals surface area contributed by atoms with Crippen molar-refractivity contribution in [1.82, 2.24) is 10.3 Å². The third-order valence-electron chi connectivity index (χ3n) is 3.40. The lowest BCUT2D eigenvalue weighted by molar-refractivity contribution is -0.120. The highest BCUT2D eigenvalue weighted by Crippen LogP contribution is 2.18. The second kappa shape index (κ2) is 7.11. The van der Waals surface area contributed by atoms with Crippen LogP contribution in [0.4, 0.5) is 0 Å². The standard InChI is InChI=1S/C18H15ClN2O2/c19-15-5-2-1-4-14(15)11-18(22)21-12-13-7-8-20-16(10-13)17-6-3-9-23-17/h1-10H,11-12H2,(H,21,22). The lowest BCUT2D eigenvalue weighted by Crippen LogP contribution is -2.24. The number of nitrogens with zero attached hydrogens (tertiary/aromatic N) is 1. The van der Waals surface area contributed by atoms with Crippen molar-refractivity contribution in [2.24, 2.45) is 0 Å². The van der Waals surface area contributed by atoms with Gasteiger partial charge in [-0.3, -0.25) is 9.78 Å². The molecule has 0 saturated heterocycles. The van der Waals surface area contributed by atoms with Crippen LogP contribution in [0.2, 0.25) is 5.02 Å². The van der Waals surface area contributed by atoms with Crippen LogP contribution in [-0.4, -0.2) is 10.9 Å². The minimum atomic E-state index is -0.0746. The molecular formula is C18H15ClN2O2. The van der Waals surface area contributed by atoms with E-state index in [1.807, 2.05) is 42.5 Å². The van der Waals surface area contributed by atoms with Gasteiger partial charge in [-0.15, -0.1) is 0 Å². The topological polar surface area (TPSA) is 55.1 Å². The van der Waals surface area contributed by atoms with Crippen molar-refractivity contribution in [3.8, 4) is 11.5 Å². The smallest absolute Gasteiger partial charge is 0.224 e. The number of aromatic nitrogens is 1. The van der Waals surface area contributed by atoms with Gasteiger partial charge in [0.05, 0.1) is 12.7 Å². The first-order valence-electron chi connectivity index (χ1n) is 7.21. The molecule has 116 valence electrons. The van der Waals surface area contributed by atoms with E-state index >= 15 is 0 Å². The van der Waals surface area contributed by atoms with Crippen LogP contribution in [0.25, 0.3) is 11.5 Å². The third-order valence-corrected chi connectivity index (χ3v) is 3.77. The molecule has 0 atom stereocenters. The molecule has 1 N–H and O–H groups in total. The van der Waals surface area contributed by atoms with Crippen LogP contribution in [0.3, 0.4) is 0 Å². The van der Waals surface area contributed by atoms with E-state index in [0.717, 1.165) is 16.8 Å². The fourth-order valence-corrected chi connectivity index (χ4v) is 2.42. The second-order valence-electron chi connectivity index (χ2n) is 5.07. The van der Waals surface area contributed by atoms with Gasteiger partial charge in [0.25, 0.3) is 0 Å². The van der Waals surface area contributed by atoms with Gasteiger partial charge in [0.2, 0.25) is 5.91 Å². The number of halogens is 1. The number of carbonyl (C=O) groups is 1. The SMILES string of the molecule is O=C(Cc1ccccc1Cl)NCc1ccnc(-c2ccco2)c1. The van der Waals surface area contributed by atoms with Crippen molar-refractivity contribution in [2.45, 2.75) is 13.0 Å². The van der Waals surface area contributed by atoms with Crippen LogP contribution in [0, 0.1) is 0 Å². The minimum absolute atomic E-state index is 0.0746. The maximum absolute atomic E-state index is 12.0. The molecule has 0 spiro atoms. The van der Waals surface area contributed by atoms with E-state index in [1.165, 1.54) is 0 Å². The molecule has 0 aliphatic rings. The van der Waals surface area contributed by atoms with Gasteiger partial charge in [0.15, 0.2) is 5.76 Å². The molecule has 4 nitrogen and oxygen atoms in total. The van der Waals surface area contributed by atoms with Gasteiger partial charge >= 0.3 is 0 Å². The molecule has 0 bridgehead atoms. The second-order valence-corrected chi connectivity index (χ2v) is 5.48. The summed E-state index contributed by atoms with van der Waals surface area (Å²) in [6.07, 6.45) is 3.57. The Bertz CT molecular complexity index is 800. The van der Waals surface area contributed by atoms with Crippen LogP contribution in [0.5, 0.6) is 0 Å². The van der Waals surface area contributed by atoms with Gasteiger partial charge in [0, 0.05) is 17.8 Å². The number of furan rings is 1. The number of rotatable bonds is 5. The molecule has 5 heteroatoms. The largest absolute Gasteiger partial charge is 0.463 e. The normalized spacial score (nSPS) is 10.5. The highest BCUT2D eigenvalue weighted by atomic mass is 35.5. The molecule has 0 aliphatic carbocycles. The van der Waals surface area contributed by atoms with Crippen molar-refractivity contribution < 1.29 is 9.21 Å². The highest BCUT2D eigenvalue weighted by molar-refractivity contribution is 6.31. The Morgan fingerprint density at radius 3 is 2.83 bits per heavy atom. The molecule has 0 saturated carbocycles. The fourth-order valence-electron chi connectivity index (χ4n) is 2.22. The number of amides is 1. The van der Waals surface area contributed by atoms with E-state index in [4.69, 9.17) is 16.0 Å². The number of hydrogen-bond acceptors (Lipinski definition) is 3. The van der Waals surface area contributed by atoms with Crippen LogP contribution < -0.4 is 5.32 Å². The summed E-state index contributed by atoms with van der Waals surface area (Å²) in [6, 6.07) is 14.8. The van der Waals surface area contributed by atoms with E-state index < -0.39 is 0 Å². The first kappa shape index (κ1) is 15.3. The predicted octanol–water partition coefficient (Wildman–Crippen LogP) is 3.85. The van der Waals surface area contributed by atoms with Gasteiger partial charge in [-0.2, -0.15) is 0 Å². The lowest BCUT2D eigenvalue weighted by Gasteiger charge is -2.07. The lowest BCUT2D eigenvalue weighted by atomic mass is 10.1. The van der Waals surface area contributed by atoms with Crippen molar-refractivity contribution in [2.75, 3.05) is 0 Å². The summed E-state index contributed by atoms with van der Waals surface area (Å²) in [6.45, 7) is 0.430. The van der Waals surface area contributed by atoms with Gasteiger partial charge in [-0.25, -0.2) is 0 Å². The van der Waals surface area contributed by atoms with E-state index in [-0.39, 0.29) is 12.3 Å². The number of benzene rings is 1. The molecular weight excluding hydrogens is 312 g/mol. The predicted molar refractivity (Wildman–Crippen MR) is 88.9 cm³/mol. The number of carbonyl (C=O) groups excluding carboxylic acids is 1. The maximum atomic E-state index is 12.0. The number of hydrogen-bond donors (Lipinski definition) is 1. The molecule has 0 radical (unpaired) electrons. The molecule has 3 rings (SSSR count). The number of nitrogens with one attached hydrogen (secondary N) is 1. The Kier molecular flexibility index (Phi) is 4.74. The Morgan fingerprint density at radius 1 is 1.17 bits per heavy atom. The Balaban J connectivity index is 1.61. The monoisotopic (exact) mass is 326 g/mol. The van der Waals surface area contributed by atoms with Gasteiger partial charge in [-0.1, -0.05) is 29.8 Å². The zero-order valence-corrected chi connectivity index (χ0v) is 13.1. The molecule has 1 amide bonds. The first-order chi connectivity index (χ1) is 11.2. The molecule has 2 aromatic heterocycles. The van der Waals surface area contributed by atoms with Crippen LogP contribution in [-0.2, 0) is 17.8 Å². The van der Waals surface area contributed by atoms with Crippen molar-refractivity contribution >= 4 is 17.5 Å². The Hall–Kier alpha value is -2.59. The van der Waals surface area contributed by atoms with E-state index in [9.17, 15) is 4.79 Å². The molecule has 3 aromatic rings. The first-order valence-corrected chi connectivity index (χ1v) is 7.59. The quantitative estimate of drug-likeness (QED) is 0.774. The summed E-state index contributed by atoms with van der Waals surface area (Å²) in [4.78, 5) is 16.3. The van der Waals surface area contributed by atoms with Crippen LogP contribution in [0.15, 0.2) is 65.4 Å². The summed E-state index contributed by atoms with van der Waals surface area (Å²) in [5.74, 6) is 0.628. The molecule has 0 unspecified atom stereocenters. The summed E-state index contributed by atoms with van der Waals surface area (Å²) < 4.78 is 5.33. The maximum Gasteiger partial charge on any atom is 0.224 e. The van der Waals surface area contributed by atoms with Gasteiger partial charge in [-0.05, 0) is 41.5 Å². The van der Waals surface area contributed by atoms with E-state index in [2.05, 4.69) is 10.3 Å². The highest BCUT2D eigenvalue weighted by Gasteiger charge is 2.07. The Labute approximate surface area is 139 Å². The van der Waals surface area contributed by atoms with Gasteiger partial charge < -0.3 is 9.73 Å². The van der Waals surface area contributed by atoms with Crippen molar-refractivity contribution in [3.05, 3.63) is 77.1 Å². The summed E-state index contributed by atoms with van der Waals surface area (Å²) >= 11 is 6.06. The van der Waals surface area contributed by atoms with E-state index in [1.54, 1.807) is 18.5 Å². The Morgan fingerprint density at radius 2 is 2.04 bits per heavy atom. The average molecular weight is 327 g/mol. The fraction of sp³-hybridized carbons (Fsp3) is 0.111. The van der Waals surface area contributed by atoms with Crippen molar-refractivity contribution in [3.63, 3.8) is 0 Å². The number of pyridine rings is 1. The third kappa shape index (κ3) is 3.99. The molecule has 1 aromatic carbocycles. The van der Waals surface area contributed by atoms with Crippen LogP contribution in [0.1, 0.15) is 11.1 Å². The van der Waals surface area contributed by atoms with E-state index in [0.29, 0.717) is 17.3 Å².